The van der Waals surface area contributed by atoms with Crippen LogP contribution in [0.3, 0.4) is 0 Å². The summed E-state index contributed by atoms with van der Waals surface area (Å²) in [5.41, 5.74) is -1.93. The van der Waals surface area contributed by atoms with E-state index in [1.54, 1.807) is 0 Å². The molecule has 0 aliphatic carbocycles. The fourth-order valence-electron chi connectivity index (χ4n) is 2.28. The molecule has 3 nitrogen and oxygen atoms in total. The second-order valence-electron chi connectivity index (χ2n) is 5.04. The van der Waals surface area contributed by atoms with Gasteiger partial charge in [-0.1, -0.05) is 0 Å². The van der Waals surface area contributed by atoms with Crippen LogP contribution in [0.15, 0.2) is 16.6 Å². The number of nitrogens with one attached hydrogen (secondary N) is 2. The Morgan fingerprint density at radius 2 is 2.10 bits per heavy atom. The van der Waals surface area contributed by atoms with Crippen LogP contribution in [-0.4, -0.2) is 25.2 Å². The van der Waals surface area contributed by atoms with Crippen molar-refractivity contribution in [3.05, 3.63) is 28.0 Å². The molecule has 1 fully saturated rings. The van der Waals surface area contributed by atoms with Crippen LogP contribution in [0.4, 0.5) is 23.2 Å². The van der Waals surface area contributed by atoms with Gasteiger partial charge < -0.3 is 10.6 Å². The monoisotopic (exact) mass is 368 g/mol. The minimum Gasteiger partial charge on any atom is -0.325 e. The van der Waals surface area contributed by atoms with Crippen LogP contribution in [-0.2, 0) is 4.79 Å². The molecule has 21 heavy (non-hydrogen) atoms. The molecule has 0 bridgehead atoms. The molecule has 1 unspecified atom stereocenters. The third-order valence-electron chi connectivity index (χ3n) is 3.65. The van der Waals surface area contributed by atoms with Crippen LogP contribution in [0.25, 0.3) is 0 Å². The molecule has 0 saturated carbocycles. The third-order valence-corrected chi connectivity index (χ3v) is 4.26. The molecular formula is C13H13BrF4N2O. The number of hydrogen-bond acceptors (Lipinski definition) is 2. The maximum atomic E-state index is 13.3. The first-order valence-electron chi connectivity index (χ1n) is 6.22. The molecule has 1 saturated heterocycles. The van der Waals surface area contributed by atoms with Gasteiger partial charge >= 0.3 is 6.18 Å². The van der Waals surface area contributed by atoms with E-state index in [2.05, 4.69) is 26.6 Å². The van der Waals surface area contributed by atoms with E-state index in [4.69, 9.17) is 0 Å². The van der Waals surface area contributed by atoms with Crippen LogP contribution in [0.2, 0.25) is 0 Å². The molecule has 1 amide bonds. The van der Waals surface area contributed by atoms with Crippen molar-refractivity contribution in [1.82, 2.24) is 5.32 Å². The van der Waals surface area contributed by atoms with Gasteiger partial charge in [-0.3, -0.25) is 4.79 Å². The van der Waals surface area contributed by atoms with E-state index < -0.39 is 29.9 Å². The summed E-state index contributed by atoms with van der Waals surface area (Å²) in [7, 11) is 0. The number of anilines is 1. The number of carbonyl (C=O) groups excluding carboxylic acids is 1. The number of hydrogen-bond donors (Lipinski definition) is 2. The van der Waals surface area contributed by atoms with Crippen molar-refractivity contribution >= 4 is 27.5 Å². The molecule has 1 atom stereocenters. The zero-order valence-corrected chi connectivity index (χ0v) is 12.7. The highest BCUT2D eigenvalue weighted by molar-refractivity contribution is 9.10. The van der Waals surface area contributed by atoms with Gasteiger partial charge in [-0.25, -0.2) is 4.39 Å². The molecule has 2 N–H and O–H groups in total. The summed E-state index contributed by atoms with van der Waals surface area (Å²) < 4.78 is 53.1. The quantitative estimate of drug-likeness (QED) is 0.785. The smallest absolute Gasteiger partial charge is 0.325 e. The molecule has 8 heteroatoms. The van der Waals surface area contributed by atoms with Crippen LogP contribution in [0.1, 0.15) is 12.0 Å². The minimum atomic E-state index is -4.65. The summed E-state index contributed by atoms with van der Waals surface area (Å²) in [4.78, 5) is 12.2. The Labute approximate surface area is 127 Å². The number of alkyl halides is 3. The summed E-state index contributed by atoms with van der Waals surface area (Å²) in [5.74, 6) is -1.67. The molecule has 1 aromatic rings. The Morgan fingerprint density at radius 1 is 1.43 bits per heavy atom. The van der Waals surface area contributed by atoms with E-state index in [1.165, 1.54) is 13.0 Å². The van der Waals surface area contributed by atoms with Crippen molar-refractivity contribution in [2.24, 2.45) is 5.41 Å². The molecular weight excluding hydrogens is 356 g/mol. The van der Waals surface area contributed by atoms with Crippen molar-refractivity contribution in [3.63, 3.8) is 0 Å². The van der Waals surface area contributed by atoms with Gasteiger partial charge in [0.05, 0.1) is 4.47 Å². The van der Waals surface area contributed by atoms with Gasteiger partial charge in [-0.2, -0.15) is 13.2 Å². The van der Waals surface area contributed by atoms with E-state index in [-0.39, 0.29) is 23.1 Å². The summed E-state index contributed by atoms with van der Waals surface area (Å²) in [6.45, 7) is 1.18. The van der Waals surface area contributed by atoms with E-state index in [0.717, 1.165) is 6.07 Å². The van der Waals surface area contributed by atoms with Gasteiger partial charge in [-0.15, -0.1) is 0 Å². The zero-order chi connectivity index (χ0) is 15.8. The van der Waals surface area contributed by atoms with Crippen molar-refractivity contribution in [2.75, 3.05) is 18.4 Å². The van der Waals surface area contributed by atoms with Gasteiger partial charge in [0, 0.05) is 12.2 Å². The van der Waals surface area contributed by atoms with E-state index >= 15 is 0 Å². The number of halogens is 5. The molecule has 116 valence electrons. The third kappa shape index (κ3) is 2.91. The SMILES string of the molecule is Cc1cc(F)c(Br)cc1NC(=O)C1(C(F)(F)F)CCNC1. The summed E-state index contributed by atoms with van der Waals surface area (Å²) in [6.07, 6.45) is -4.96. The number of benzene rings is 1. The first-order chi connectivity index (χ1) is 9.67. The largest absolute Gasteiger partial charge is 0.404 e. The lowest BCUT2D eigenvalue weighted by atomic mass is 9.85. The Bertz CT molecular complexity index is 568. The van der Waals surface area contributed by atoms with Crippen LogP contribution in [0, 0.1) is 18.2 Å². The molecule has 1 heterocycles. The highest BCUT2D eigenvalue weighted by Gasteiger charge is 2.61. The molecule has 1 aliphatic rings. The van der Waals surface area contributed by atoms with Crippen molar-refractivity contribution in [1.29, 1.82) is 0 Å². The topological polar surface area (TPSA) is 41.1 Å². The van der Waals surface area contributed by atoms with Gasteiger partial charge in [0.1, 0.15) is 5.82 Å². The molecule has 0 spiro atoms. The zero-order valence-electron chi connectivity index (χ0n) is 11.1. The van der Waals surface area contributed by atoms with Crippen molar-refractivity contribution in [2.45, 2.75) is 19.5 Å². The minimum absolute atomic E-state index is 0.0778. The Hall–Kier alpha value is -1.15. The lowest BCUT2D eigenvalue weighted by molar-refractivity contribution is -0.213. The second kappa shape index (κ2) is 5.57. The van der Waals surface area contributed by atoms with Gasteiger partial charge in [-0.05, 0) is 53.5 Å². The normalized spacial score (nSPS) is 22.4. The number of amides is 1. The number of rotatable bonds is 2. The molecule has 0 aromatic heterocycles. The Balaban J connectivity index is 2.31. The lowest BCUT2D eigenvalue weighted by Gasteiger charge is -2.29. The average Bonchev–Trinajstić information content (AvgIpc) is 2.85. The van der Waals surface area contributed by atoms with E-state index in [9.17, 15) is 22.4 Å². The fourth-order valence-corrected chi connectivity index (χ4v) is 2.62. The first-order valence-corrected chi connectivity index (χ1v) is 7.01. The van der Waals surface area contributed by atoms with Gasteiger partial charge in [0.25, 0.3) is 0 Å². The van der Waals surface area contributed by atoms with Gasteiger partial charge in [0.2, 0.25) is 5.91 Å². The Kier molecular flexibility index (Phi) is 4.30. The fraction of sp³-hybridized carbons (Fsp3) is 0.462. The lowest BCUT2D eigenvalue weighted by Crippen LogP contribution is -2.49. The maximum absolute atomic E-state index is 13.3. The van der Waals surface area contributed by atoms with E-state index in [1.807, 2.05) is 0 Å². The predicted octanol–water partition coefficient (Wildman–Crippen LogP) is 3.38. The molecule has 0 radical (unpaired) electrons. The van der Waals surface area contributed by atoms with Crippen molar-refractivity contribution in [3.8, 4) is 0 Å². The highest BCUT2D eigenvalue weighted by atomic mass is 79.9. The number of aryl methyl sites for hydroxylation is 1. The Morgan fingerprint density at radius 3 is 2.62 bits per heavy atom. The summed E-state index contributed by atoms with van der Waals surface area (Å²) >= 11 is 2.95. The van der Waals surface area contributed by atoms with Crippen LogP contribution < -0.4 is 10.6 Å². The summed E-state index contributed by atoms with van der Waals surface area (Å²) in [6, 6.07) is 2.40. The van der Waals surface area contributed by atoms with Gasteiger partial charge in [0.15, 0.2) is 5.41 Å². The molecule has 1 aromatic carbocycles. The molecule has 2 rings (SSSR count). The van der Waals surface area contributed by atoms with Crippen LogP contribution >= 0.6 is 15.9 Å². The first kappa shape index (κ1) is 16.2. The summed E-state index contributed by atoms with van der Waals surface area (Å²) in [5, 5.41) is 4.84. The highest BCUT2D eigenvalue weighted by Crippen LogP contribution is 2.44. The average molecular weight is 369 g/mol. The second-order valence-corrected chi connectivity index (χ2v) is 5.90. The van der Waals surface area contributed by atoms with Crippen LogP contribution in [0.5, 0.6) is 0 Å². The predicted molar refractivity (Wildman–Crippen MR) is 73.4 cm³/mol. The standard InChI is InChI=1S/C13H13BrF4N2O/c1-7-4-9(15)8(14)5-10(7)20-11(21)12(13(16,17)18)2-3-19-6-12/h4-5,19H,2-3,6H2,1H3,(H,20,21). The number of carbonyl (C=O) groups is 1. The molecule has 1 aliphatic heterocycles. The maximum Gasteiger partial charge on any atom is 0.404 e. The van der Waals surface area contributed by atoms with Crippen molar-refractivity contribution < 1.29 is 22.4 Å². The van der Waals surface area contributed by atoms with E-state index in [0.29, 0.717) is 5.56 Å².